The van der Waals surface area contributed by atoms with Crippen molar-refractivity contribution in [3.05, 3.63) is 23.9 Å². The fraction of sp³-hybridized carbons (Fsp3) is 0.455. The maximum absolute atomic E-state index is 8.89. The van der Waals surface area contributed by atoms with E-state index in [9.17, 15) is 0 Å². The lowest BCUT2D eigenvalue weighted by molar-refractivity contribution is 0.662. The minimum Gasteiger partial charge on any atom is -0.316 e. The number of hydrogen-bond donors (Lipinski definition) is 1. The largest absolute Gasteiger partial charge is 0.316 e. The summed E-state index contributed by atoms with van der Waals surface area (Å²) in [6, 6.07) is 5.80. The van der Waals surface area contributed by atoms with E-state index < -0.39 is 0 Å². The number of rotatable bonds is 3. The number of nitrogens with zero attached hydrogens (tertiary/aromatic N) is 2. The highest BCUT2D eigenvalue weighted by Crippen LogP contribution is 2.23. The van der Waals surface area contributed by atoms with Crippen molar-refractivity contribution in [1.29, 1.82) is 5.26 Å². The number of nitrogens with one attached hydrogen (secondary N) is 1. The summed E-state index contributed by atoms with van der Waals surface area (Å²) in [5.74, 6) is 1.78. The Bertz CT molecular complexity index is 372. The van der Waals surface area contributed by atoms with Crippen molar-refractivity contribution in [2.45, 2.75) is 11.4 Å². The van der Waals surface area contributed by atoms with Crippen LogP contribution in [0.5, 0.6) is 0 Å². The van der Waals surface area contributed by atoms with Gasteiger partial charge in [0.2, 0.25) is 0 Å². The molecule has 0 saturated carbocycles. The second kappa shape index (κ2) is 6.74. The first-order valence-electron chi connectivity index (χ1n) is 5.09. The lowest BCUT2D eigenvalue weighted by Gasteiger charge is -2.07. The SMILES string of the molecule is Cl.N#Cc1cccnc1SCC1CCNC1. The molecule has 0 aromatic carbocycles. The van der Waals surface area contributed by atoms with Crippen molar-refractivity contribution in [2.75, 3.05) is 18.8 Å². The smallest absolute Gasteiger partial charge is 0.114 e. The van der Waals surface area contributed by atoms with Gasteiger partial charge in [-0.25, -0.2) is 4.98 Å². The van der Waals surface area contributed by atoms with Gasteiger partial charge in [0.1, 0.15) is 11.1 Å². The summed E-state index contributed by atoms with van der Waals surface area (Å²) in [4.78, 5) is 4.23. The summed E-state index contributed by atoms with van der Waals surface area (Å²) in [6.07, 6.45) is 2.98. The van der Waals surface area contributed by atoms with Gasteiger partial charge >= 0.3 is 0 Å². The van der Waals surface area contributed by atoms with Crippen molar-refractivity contribution in [3.8, 4) is 6.07 Å². The Morgan fingerprint density at radius 3 is 3.19 bits per heavy atom. The lowest BCUT2D eigenvalue weighted by atomic mass is 10.2. The van der Waals surface area contributed by atoms with Gasteiger partial charge in [0, 0.05) is 11.9 Å². The minimum atomic E-state index is 0. The van der Waals surface area contributed by atoms with Gasteiger partial charge in [-0.05, 0) is 37.6 Å². The third-order valence-electron chi connectivity index (χ3n) is 2.51. The maximum atomic E-state index is 8.89. The highest BCUT2D eigenvalue weighted by Gasteiger charge is 2.15. The van der Waals surface area contributed by atoms with E-state index in [0.29, 0.717) is 5.56 Å². The molecule has 16 heavy (non-hydrogen) atoms. The molecule has 0 aliphatic carbocycles. The van der Waals surface area contributed by atoms with Crippen LogP contribution in [0.15, 0.2) is 23.4 Å². The summed E-state index contributed by atoms with van der Waals surface area (Å²) in [7, 11) is 0. The van der Waals surface area contributed by atoms with Crippen LogP contribution in [0.3, 0.4) is 0 Å². The Morgan fingerprint density at radius 1 is 1.62 bits per heavy atom. The monoisotopic (exact) mass is 255 g/mol. The number of thioether (sulfide) groups is 1. The first-order chi connectivity index (χ1) is 7.40. The number of hydrogen-bond acceptors (Lipinski definition) is 4. The molecular formula is C11H14ClN3S. The molecule has 5 heteroatoms. The van der Waals surface area contributed by atoms with Gasteiger partial charge in [-0.3, -0.25) is 0 Å². The number of pyridine rings is 1. The highest BCUT2D eigenvalue weighted by molar-refractivity contribution is 7.99. The van der Waals surface area contributed by atoms with Gasteiger partial charge in [-0.15, -0.1) is 24.2 Å². The van der Waals surface area contributed by atoms with Gasteiger partial charge < -0.3 is 5.32 Å². The van der Waals surface area contributed by atoms with E-state index in [-0.39, 0.29) is 12.4 Å². The molecule has 2 rings (SSSR count). The Kier molecular flexibility index (Phi) is 5.61. The molecule has 1 aromatic rings. The summed E-state index contributed by atoms with van der Waals surface area (Å²) in [5, 5.41) is 13.1. The fourth-order valence-corrected chi connectivity index (χ4v) is 2.73. The third-order valence-corrected chi connectivity index (χ3v) is 3.75. The highest BCUT2D eigenvalue weighted by atomic mass is 35.5. The molecule has 1 saturated heterocycles. The quantitative estimate of drug-likeness (QED) is 0.841. The molecule has 2 heterocycles. The van der Waals surface area contributed by atoms with Crippen LogP contribution in [0, 0.1) is 17.2 Å². The van der Waals surface area contributed by atoms with Crippen molar-refractivity contribution in [2.24, 2.45) is 5.92 Å². The topological polar surface area (TPSA) is 48.7 Å². The lowest BCUT2D eigenvalue weighted by Crippen LogP contribution is -2.10. The summed E-state index contributed by atoms with van der Waals surface area (Å²) in [6.45, 7) is 2.22. The molecule has 1 aromatic heterocycles. The molecule has 1 fully saturated rings. The standard InChI is InChI=1S/C11H13N3S.ClH/c12-6-10-2-1-4-14-11(10)15-8-9-3-5-13-7-9;/h1-2,4,9,13H,3,5,7-8H2;1H. The molecular weight excluding hydrogens is 242 g/mol. The van der Waals surface area contributed by atoms with Crippen molar-refractivity contribution in [3.63, 3.8) is 0 Å². The van der Waals surface area contributed by atoms with Gasteiger partial charge in [-0.2, -0.15) is 5.26 Å². The first-order valence-corrected chi connectivity index (χ1v) is 6.07. The van der Waals surface area contributed by atoms with Crippen LogP contribution in [-0.2, 0) is 0 Å². The molecule has 1 atom stereocenters. The van der Waals surface area contributed by atoms with Crippen LogP contribution in [0.1, 0.15) is 12.0 Å². The van der Waals surface area contributed by atoms with E-state index >= 15 is 0 Å². The van der Waals surface area contributed by atoms with E-state index in [1.54, 1.807) is 24.0 Å². The normalized spacial score (nSPS) is 18.8. The fourth-order valence-electron chi connectivity index (χ4n) is 1.64. The van der Waals surface area contributed by atoms with Crippen LogP contribution >= 0.6 is 24.2 Å². The van der Waals surface area contributed by atoms with Crippen LogP contribution in [0.2, 0.25) is 0 Å². The Balaban J connectivity index is 0.00000128. The van der Waals surface area contributed by atoms with E-state index in [2.05, 4.69) is 16.4 Å². The van der Waals surface area contributed by atoms with E-state index in [1.807, 2.05) is 6.07 Å². The predicted molar refractivity (Wildman–Crippen MR) is 67.9 cm³/mol. The van der Waals surface area contributed by atoms with Crippen molar-refractivity contribution >= 4 is 24.2 Å². The zero-order chi connectivity index (χ0) is 10.5. The first kappa shape index (κ1) is 13.3. The van der Waals surface area contributed by atoms with Gasteiger partial charge in [-0.1, -0.05) is 0 Å². The Morgan fingerprint density at radius 2 is 2.50 bits per heavy atom. The second-order valence-corrected chi connectivity index (χ2v) is 4.65. The predicted octanol–water partition coefficient (Wildman–Crippen LogP) is 2.08. The summed E-state index contributed by atoms with van der Waals surface area (Å²) >= 11 is 1.70. The Hall–Kier alpha value is -0.760. The number of nitriles is 1. The van der Waals surface area contributed by atoms with E-state index in [4.69, 9.17) is 5.26 Å². The molecule has 0 amide bonds. The summed E-state index contributed by atoms with van der Waals surface area (Å²) < 4.78 is 0. The van der Waals surface area contributed by atoms with Gasteiger partial charge in [0.05, 0.1) is 5.56 Å². The molecule has 0 spiro atoms. The van der Waals surface area contributed by atoms with Crippen LogP contribution in [-0.4, -0.2) is 23.8 Å². The van der Waals surface area contributed by atoms with Gasteiger partial charge in [0.15, 0.2) is 0 Å². The average molecular weight is 256 g/mol. The van der Waals surface area contributed by atoms with Crippen LogP contribution < -0.4 is 5.32 Å². The molecule has 0 radical (unpaired) electrons. The van der Waals surface area contributed by atoms with Crippen LogP contribution in [0.4, 0.5) is 0 Å². The molecule has 1 aliphatic heterocycles. The zero-order valence-corrected chi connectivity index (χ0v) is 10.5. The maximum Gasteiger partial charge on any atom is 0.114 e. The van der Waals surface area contributed by atoms with Crippen molar-refractivity contribution in [1.82, 2.24) is 10.3 Å². The molecule has 1 N–H and O–H groups in total. The number of halogens is 1. The zero-order valence-electron chi connectivity index (χ0n) is 8.85. The molecule has 0 bridgehead atoms. The average Bonchev–Trinajstić information content (AvgIpc) is 2.79. The van der Waals surface area contributed by atoms with E-state index in [1.165, 1.54) is 6.42 Å². The molecule has 1 aliphatic rings. The summed E-state index contributed by atoms with van der Waals surface area (Å²) in [5.41, 5.74) is 0.688. The molecule has 3 nitrogen and oxygen atoms in total. The van der Waals surface area contributed by atoms with Gasteiger partial charge in [0.25, 0.3) is 0 Å². The number of aromatic nitrogens is 1. The molecule has 1 unspecified atom stereocenters. The minimum absolute atomic E-state index is 0. The molecule has 86 valence electrons. The van der Waals surface area contributed by atoms with Crippen LogP contribution in [0.25, 0.3) is 0 Å². The second-order valence-electron chi connectivity index (χ2n) is 3.64. The van der Waals surface area contributed by atoms with Crippen molar-refractivity contribution < 1.29 is 0 Å². The van der Waals surface area contributed by atoms with E-state index in [0.717, 1.165) is 29.8 Å². The third kappa shape index (κ3) is 3.38. The Labute approximate surface area is 106 Å².